The van der Waals surface area contributed by atoms with Crippen LogP contribution in [0.15, 0.2) is 76.7 Å². The van der Waals surface area contributed by atoms with E-state index in [-0.39, 0.29) is 11.9 Å². The number of nitrogens with two attached hydrogens (primary N) is 1. The number of likely N-dealkylation sites (N-methyl/N-ethyl adjacent to an activating group) is 1. The third-order valence-electron chi connectivity index (χ3n) is 4.59. The van der Waals surface area contributed by atoms with Crippen LogP contribution in [0.25, 0.3) is 0 Å². The van der Waals surface area contributed by atoms with Crippen LogP contribution in [0.1, 0.15) is 22.3 Å². The Hall–Kier alpha value is -3.81. The highest BCUT2D eigenvalue weighted by Crippen LogP contribution is 2.13. The Labute approximate surface area is 182 Å². The smallest absolute Gasteiger partial charge is 0.337 e. The van der Waals surface area contributed by atoms with Crippen molar-refractivity contribution in [1.29, 1.82) is 0 Å². The zero-order valence-corrected chi connectivity index (χ0v) is 18.1. The summed E-state index contributed by atoms with van der Waals surface area (Å²) >= 11 is 0. The lowest BCUT2D eigenvalue weighted by Gasteiger charge is -2.18. The lowest BCUT2D eigenvalue weighted by molar-refractivity contribution is -0.117. The predicted molar refractivity (Wildman–Crippen MR) is 122 cm³/mol. The Morgan fingerprint density at radius 3 is 2.71 bits per heavy atom. The lowest BCUT2D eigenvalue weighted by atomic mass is 10.0. The highest BCUT2D eigenvalue weighted by atomic mass is 16.5. The Morgan fingerprint density at radius 2 is 2.06 bits per heavy atom. The molecule has 8 heteroatoms. The van der Waals surface area contributed by atoms with E-state index in [0.717, 1.165) is 23.3 Å². The standard InChI is InChI=1S/C23H29N5O3/c1-25-21-11-14-26-22(29)20(21)9-6-17(10-13-24)12-15-28(2)27-16-18-4-7-19(8-5-18)23(30)31-3/h4-10,12-13,16,25H,11,14-15,24H2,1-3H3,(H,26,29)/b9-6+,13-10-,17-12-,27-16+. The molecule has 0 saturated carbocycles. The van der Waals surface area contributed by atoms with Gasteiger partial charge in [0.05, 0.1) is 31.0 Å². The van der Waals surface area contributed by atoms with Gasteiger partial charge in [0.15, 0.2) is 0 Å². The van der Waals surface area contributed by atoms with Crippen LogP contribution in [0, 0.1) is 0 Å². The number of ether oxygens (including phenoxy) is 1. The number of carbonyl (C=O) groups excluding carboxylic acids is 2. The van der Waals surface area contributed by atoms with Crippen LogP contribution in [0.3, 0.4) is 0 Å². The van der Waals surface area contributed by atoms with Crippen molar-refractivity contribution in [1.82, 2.24) is 15.6 Å². The first-order valence-corrected chi connectivity index (χ1v) is 9.87. The molecule has 1 aliphatic heterocycles. The van der Waals surface area contributed by atoms with Gasteiger partial charge in [0.1, 0.15) is 0 Å². The van der Waals surface area contributed by atoms with Crippen LogP contribution in [-0.4, -0.2) is 57.4 Å². The summed E-state index contributed by atoms with van der Waals surface area (Å²) in [5, 5.41) is 12.1. The van der Waals surface area contributed by atoms with Gasteiger partial charge in [-0.05, 0) is 41.6 Å². The largest absolute Gasteiger partial charge is 0.465 e. The van der Waals surface area contributed by atoms with E-state index in [1.165, 1.54) is 13.3 Å². The summed E-state index contributed by atoms with van der Waals surface area (Å²) in [7, 11) is 5.01. The molecule has 1 aromatic rings. The van der Waals surface area contributed by atoms with Crippen molar-refractivity contribution in [2.75, 3.05) is 34.3 Å². The first-order valence-electron chi connectivity index (χ1n) is 9.87. The number of amides is 1. The number of esters is 1. The van der Waals surface area contributed by atoms with Gasteiger partial charge in [-0.1, -0.05) is 24.3 Å². The molecule has 31 heavy (non-hydrogen) atoms. The molecule has 4 N–H and O–H groups in total. The summed E-state index contributed by atoms with van der Waals surface area (Å²) in [6, 6.07) is 6.98. The molecule has 164 valence electrons. The van der Waals surface area contributed by atoms with Crippen molar-refractivity contribution < 1.29 is 14.3 Å². The second kappa shape index (κ2) is 12.0. The van der Waals surface area contributed by atoms with E-state index in [4.69, 9.17) is 5.73 Å². The van der Waals surface area contributed by atoms with E-state index >= 15 is 0 Å². The lowest BCUT2D eigenvalue weighted by Crippen LogP contribution is -2.34. The van der Waals surface area contributed by atoms with Crippen molar-refractivity contribution in [2.45, 2.75) is 6.42 Å². The predicted octanol–water partition coefficient (Wildman–Crippen LogP) is 1.69. The number of hydrazone groups is 1. The Kier molecular flexibility index (Phi) is 9.10. The monoisotopic (exact) mass is 423 g/mol. The van der Waals surface area contributed by atoms with Gasteiger partial charge in [-0.3, -0.25) is 9.80 Å². The Bertz CT molecular complexity index is 927. The van der Waals surface area contributed by atoms with E-state index in [9.17, 15) is 9.59 Å². The average Bonchev–Trinajstić information content (AvgIpc) is 2.79. The van der Waals surface area contributed by atoms with Crippen LogP contribution in [0.5, 0.6) is 0 Å². The number of allylic oxidation sites excluding steroid dienone is 3. The van der Waals surface area contributed by atoms with E-state index in [1.54, 1.807) is 47.6 Å². The molecule has 0 unspecified atom stereocenters. The number of rotatable bonds is 9. The summed E-state index contributed by atoms with van der Waals surface area (Å²) < 4.78 is 4.69. The van der Waals surface area contributed by atoms with Crippen LogP contribution in [0.4, 0.5) is 0 Å². The van der Waals surface area contributed by atoms with Crippen molar-refractivity contribution in [3.05, 3.63) is 82.7 Å². The van der Waals surface area contributed by atoms with Gasteiger partial charge in [-0.2, -0.15) is 5.10 Å². The third-order valence-corrected chi connectivity index (χ3v) is 4.59. The average molecular weight is 424 g/mol. The molecule has 0 saturated heterocycles. The molecular weight excluding hydrogens is 394 g/mol. The third kappa shape index (κ3) is 7.18. The Balaban J connectivity index is 2.04. The summed E-state index contributed by atoms with van der Waals surface area (Å²) in [5.74, 6) is -0.467. The maximum absolute atomic E-state index is 12.1. The number of hydrogen-bond acceptors (Lipinski definition) is 7. The van der Waals surface area contributed by atoms with Crippen LogP contribution < -0.4 is 16.4 Å². The molecule has 1 aliphatic rings. The second-order valence-corrected chi connectivity index (χ2v) is 6.74. The van der Waals surface area contributed by atoms with Gasteiger partial charge in [0.25, 0.3) is 5.91 Å². The molecule has 2 rings (SSSR count). The summed E-state index contributed by atoms with van der Waals surface area (Å²) in [6.07, 6.45) is 11.3. The van der Waals surface area contributed by atoms with Gasteiger partial charge >= 0.3 is 5.97 Å². The number of nitrogens with one attached hydrogen (secondary N) is 2. The molecular formula is C23H29N5O3. The topological polar surface area (TPSA) is 109 Å². The number of benzene rings is 1. The Morgan fingerprint density at radius 1 is 1.32 bits per heavy atom. The highest BCUT2D eigenvalue weighted by molar-refractivity contribution is 5.97. The number of methoxy groups -OCH3 is 1. The van der Waals surface area contributed by atoms with Crippen molar-refractivity contribution in [2.24, 2.45) is 10.8 Å². The summed E-state index contributed by atoms with van der Waals surface area (Å²) in [5.41, 5.74) is 9.31. The fourth-order valence-corrected chi connectivity index (χ4v) is 2.86. The SMILES string of the molecule is CNC1=C(/C=C/C(/C=C\N)=C/CN(C)/N=C/c2ccc(C(=O)OC)cc2)C(=O)NCC1. The molecule has 0 spiro atoms. The van der Waals surface area contributed by atoms with Crippen molar-refractivity contribution in [3.8, 4) is 0 Å². The van der Waals surface area contributed by atoms with Crippen molar-refractivity contribution >= 4 is 18.1 Å². The minimum atomic E-state index is -0.373. The molecule has 0 aliphatic carbocycles. The zero-order valence-electron chi connectivity index (χ0n) is 18.1. The van der Waals surface area contributed by atoms with Gasteiger partial charge in [0.2, 0.25) is 0 Å². The molecule has 0 radical (unpaired) electrons. The number of carbonyl (C=O) groups is 2. The molecule has 0 atom stereocenters. The first kappa shape index (κ1) is 23.5. The van der Waals surface area contributed by atoms with Gasteiger partial charge in [-0.25, -0.2) is 4.79 Å². The van der Waals surface area contributed by atoms with Gasteiger partial charge in [-0.15, -0.1) is 0 Å². The first-order chi connectivity index (χ1) is 15.0. The minimum absolute atomic E-state index is 0.0946. The molecule has 0 aromatic heterocycles. The molecule has 0 fully saturated rings. The number of nitrogens with zero attached hydrogens (tertiary/aromatic N) is 2. The van der Waals surface area contributed by atoms with Crippen LogP contribution in [-0.2, 0) is 9.53 Å². The fraction of sp³-hybridized carbons (Fsp3) is 0.261. The van der Waals surface area contributed by atoms with E-state index in [2.05, 4.69) is 20.5 Å². The van der Waals surface area contributed by atoms with Gasteiger partial charge in [0, 0.05) is 32.8 Å². The fourth-order valence-electron chi connectivity index (χ4n) is 2.86. The van der Waals surface area contributed by atoms with E-state index < -0.39 is 0 Å². The number of hydrogen-bond donors (Lipinski definition) is 3. The maximum Gasteiger partial charge on any atom is 0.337 e. The molecule has 8 nitrogen and oxygen atoms in total. The second-order valence-electron chi connectivity index (χ2n) is 6.74. The van der Waals surface area contributed by atoms with Crippen LogP contribution in [0.2, 0.25) is 0 Å². The van der Waals surface area contributed by atoms with E-state index in [1.807, 2.05) is 26.2 Å². The summed E-state index contributed by atoms with van der Waals surface area (Å²) in [4.78, 5) is 23.6. The molecule has 1 amide bonds. The van der Waals surface area contributed by atoms with E-state index in [0.29, 0.717) is 24.2 Å². The molecule has 1 heterocycles. The molecule has 1 aromatic carbocycles. The zero-order chi connectivity index (χ0) is 22.6. The highest BCUT2D eigenvalue weighted by Gasteiger charge is 2.16. The summed E-state index contributed by atoms with van der Waals surface area (Å²) in [6.45, 7) is 1.16. The van der Waals surface area contributed by atoms with Gasteiger partial charge < -0.3 is 21.1 Å². The minimum Gasteiger partial charge on any atom is -0.465 e. The normalized spacial score (nSPS) is 15.1. The van der Waals surface area contributed by atoms with Crippen LogP contribution >= 0.6 is 0 Å². The van der Waals surface area contributed by atoms with Crippen molar-refractivity contribution in [3.63, 3.8) is 0 Å². The maximum atomic E-state index is 12.1. The quantitative estimate of drug-likeness (QED) is 0.241. The molecule has 0 bridgehead atoms.